The van der Waals surface area contributed by atoms with Gasteiger partial charge in [-0.05, 0) is 42.5 Å². The summed E-state index contributed by atoms with van der Waals surface area (Å²) < 4.78 is 0. The number of rotatable bonds is 16. The van der Waals surface area contributed by atoms with E-state index in [0.717, 1.165) is 0 Å². The van der Waals surface area contributed by atoms with Crippen molar-refractivity contribution in [1.29, 1.82) is 0 Å². The minimum Gasteiger partial charge on any atom is -0.508 e. The summed E-state index contributed by atoms with van der Waals surface area (Å²) in [6.07, 6.45) is 0.331. The minimum atomic E-state index is -1.73. The number of nitrogens with one attached hydrogen (secondary N) is 3. The molecule has 10 N–H and O–H groups in total. The van der Waals surface area contributed by atoms with E-state index >= 15 is 0 Å². The molecule has 4 atom stereocenters. The molecule has 0 radical (unpaired) electrons. The first-order valence-electron chi connectivity index (χ1n) is 11.0. The molecule has 0 saturated carbocycles. The van der Waals surface area contributed by atoms with Crippen molar-refractivity contribution in [3.05, 3.63) is 29.8 Å². The summed E-state index contributed by atoms with van der Waals surface area (Å²) >= 11 is 1.37. The number of phenols is 1. The van der Waals surface area contributed by atoms with Crippen LogP contribution in [0.5, 0.6) is 5.75 Å². The zero-order valence-corrected chi connectivity index (χ0v) is 20.8. The highest BCUT2D eigenvalue weighted by atomic mass is 32.2. The number of thioether (sulfide) groups is 1. The summed E-state index contributed by atoms with van der Waals surface area (Å²) in [5, 5.41) is 34.4. The summed E-state index contributed by atoms with van der Waals surface area (Å²) in [4.78, 5) is 71.8. The molecule has 0 aliphatic heterocycles. The van der Waals surface area contributed by atoms with Crippen molar-refractivity contribution in [3.63, 3.8) is 0 Å². The Labute approximate surface area is 216 Å². The molecule has 15 heteroatoms. The number of carboxylic acid groups (broad SMARTS) is 2. The minimum absolute atomic E-state index is 0.0415. The maximum absolute atomic E-state index is 12.9. The van der Waals surface area contributed by atoms with Crippen LogP contribution in [0.4, 0.5) is 0 Å². The topological polar surface area (TPSA) is 251 Å². The third-order valence-electron chi connectivity index (χ3n) is 5.00. The van der Waals surface area contributed by atoms with E-state index < -0.39 is 72.6 Å². The molecule has 0 heterocycles. The van der Waals surface area contributed by atoms with E-state index in [-0.39, 0.29) is 18.6 Å². The summed E-state index contributed by atoms with van der Waals surface area (Å²) in [7, 11) is 0. The van der Waals surface area contributed by atoms with E-state index in [9.17, 15) is 39.0 Å². The molecule has 0 spiro atoms. The first-order valence-corrected chi connectivity index (χ1v) is 12.4. The molecule has 0 bridgehead atoms. The third kappa shape index (κ3) is 11.6. The molecule has 0 fully saturated rings. The van der Waals surface area contributed by atoms with Gasteiger partial charge in [-0.15, -0.1) is 0 Å². The summed E-state index contributed by atoms with van der Waals surface area (Å²) in [6, 6.07) is 0.340. The fourth-order valence-corrected chi connectivity index (χ4v) is 3.56. The maximum atomic E-state index is 12.9. The van der Waals surface area contributed by atoms with E-state index in [1.807, 2.05) is 5.32 Å². The lowest BCUT2D eigenvalue weighted by Gasteiger charge is -2.24. The maximum Gasteiger partial charge on any atom is 0.326 e. The van der Waals surface area contributed by atoms with Crippen molar-refractivity contribution in [2.24, 2.45) is 11.5 Å². The Balaban J connectivity index is 2.96. The van der Waals surface area contributed by atoms with Crippen LogP contribution in [0.15, 0.2) is 24.3 Å². The highest BCUT2D eigenvalue weighted by molar-refractivity contribution is 7.98. The Kier molecular flexibility index (Phi) is 12.9. The molecule has 37 heavy (non-hydrogen) atoms. The van der Waals surface area contributed by atoms with Gasteiger partial charge in [0.25, 0.3) is 0 Å². The number of aromatic hydroxyl groups is 1. The zero-order chi connectivity index (χ0) is 28.1. The third-order valence-corrected chi connectivity index (χ3v) is 5.65. The number of primary amides is 1. The molecule has 0 aromatic heterocycles. The van der Waals surface area contributed by atoms with Crippen molar-refractivity contribution >= 4 is 47.3 Å². The van der Waals surface area contributed by atoms with E-state index in [1.54, 1.807) is 18.4 Å². The van der Waals surface area contributed by atoms with Crippen molar-refractivity contribution in [1.82, 2.24) is 16.0 Å². The molecule has 204 valence electrons. The van der Waals surface area contributed by atoms with Crippen molar-refractivity contribution < 1.29 is 44.1 Å². The first kappa shape index (κ1) is 31.2. The normalized spacial score (nSPS) is 13.9. The average Bonchev–Trinajstić information content (AvgIpc) is 2.81. The first-order chi connectivity index (χ1) is 17.3. The second kappa shape index (κ2) is 15.3. The van der Waals surface area contributed by atoms with Crippen molar-refractivity contribution in [2.75, 3.05) is 12.0 Å². The number of carbonyl (C=O) groups is 6. The summed E-state index contributed by atoms with van der Waals surface area (Å²) in [6.45, 7) is 0. The molecule has 1 rings (SSSR count). The van der Waals surface area contributed by atoms with Gasteiger partial charge in [-0.2, -0.15) is 11.8 Å². The second-order valence-corrected chi connectivity index (χ2v) is 9.03. The van der Waals surface area contributed by atoms with Gasteiger partial charge in [-0.3, -0.25) is 24.0 Å². The summed E-state index contributed by atoms with van der Waals surface area (Å²) in [5.41, 5.74) is 11.6. The Bertz CT molecular complexity index is 989. The number of phenolic OH excluding ortho intramolecular Hbond substituents is 1. The van der Waals surface area contributed by atoms with Crippen LogP contribution >= 0.6 is 11.8 Å². The fraction of sp³-hybridized carbons (Fsp3) is 0.455. The van der Waals surface area contributed by atoms with E-state index in [0.29, 0.717) is 11.3 Å². The number of benzene rings is 1. The summed E-state index contributed by atoms with van der Waals surface area (Å²) in [5.74, 6) is -6.34. The smallest absolute Gasteiger partial charge is 0.326 e. The van der Waals surface area contributed by atoms with Gasteiger partial charge in [0.1, 0.15) is 23.9 Å². The Morgan fingerprint density at radius 3 is 1.92 bits per heavy atom. The van der Waals surface area contributed by atoms with Crippen molar-refractivity contribution in [2.45, 2.75) is 49.9 Å². The predicted molar refractivity (Wildman–Crippen MR) is 132 cm³/mol. The number of hydrogen-bond acceptors (Lipinski definition) is 9. The monoisotopic (exact) mass is 541 g/mol. The van der Waals surface area contributed by atoms with E-state index in [2.05, 4.69) is 10.6 Å². The zero-order valence-electron chi connectivity index (χ0n) is 20.0. The molecule has 1 aromatic carbocycles. The fourth-order valence-electron chi connectivity index (χ4n) is 3.09. The van der Waals surface area contributed by atoms with Crippen LogP contribution in [0.25, 0.3) is 0 Å². The Morgan fingerprint density at radius 2 is 1.41 bits per heavy atom. The van der Waals surface area contributed by atoms with Gasteiger partial charge in [-0.1, -0.05) is 12.1 Å². The highest BCUT2D eigenvalue weighted by Gasteiger charge is 2.32. The largest absolute Gasteiger partial charge is 0.508 e. The molecule has 4 amide bonds. The van der Waals surface area contributed by atoms with Gasteiger partial charge in [0.05, 0.1) is 18.9 Å². The van der Waals surface area contributed by atoms with Crippen LogP contribution in [0.2, 0.25) is 0 Å². The number of aliphatic carboxylic acids is 2. The van der Waals surface area contributed by atoms with Crippen LogP contribution in [0.1, 0.15) is 24.8 Å². The molecule has 0 saturated heterocycles. The van der Waals surface area contributed by atoms with Gasteiger partial charge in [0, 0.05) is 0 Å². The van der Waals surface area contributed by atoms with Gasteiger partial charge in [-0.25, -0.2) is 4.79 Å². The molecular weight excluding hydrogens is 510 g/mol. The predicted octanol–water partition coefficient (Wildman–Crippen LogP) is -2.10. The number of carbonyl (C=O) groups excluding carboxylic acids is 4. The average molecular weight is 542 g/mol. The quantitative estimate of drug-likeness (QED) is 0.112. The molecular formula is C22H31N5O9S. The van der Waals surface area contributed by atoms with Crippen LogP contribution < -0.4 is 27.4 Å². The van der Waals surface area contributed by atoms with Crippen LogP contribution in [-0.4, -0.2) is 87.1 Å². The molecule has 0 aliphatic carbocycles. The van der Waals surface area contributed by atoms with E-state index in [4.69, 9.17) is 16.6 Å². The van der Waals surface area contributed by atoms with Crippen molar-refractivity contribution in [3.8, 4) is 5.75 Å². The number of carboxylic acids is 2. The van der Waals surface area contributed by atoms with Crippen LogP contribution in [0, 0.1) is 0 Å². The molecule has 14 nitrogen and oxygen atoms in total. The van der Waals surface area contributed by atoms with Crippen LogP contribution in [-0.2, 0) is 35.2 Å². The SMILES string of the molecule is CSCCC(NC(=O)C(N)Cc1ccc(O)cc1)C(=O)NC(CC(=O)O)C(=O)NC(CC(N)=O)C(=O)O. The van der Waals surface area contributed by atoms with Gasteiger partial charge < -0.3 is 42.7 Å². The number of amides is 4. The van der Waals surface area contributed by atoms with Gasteiger partial charge >= 0.3 is 11.9 Å². The number of nitrogens with two attached hydrogens (primary N) is 2. The lowest BCUT2D eigenvalue weighted by atomic mass is 10.0. The standard InChI is InChI=1S/C22H31N5O9S/c1-37-7-6-14(25-19(32)13(23)8-11-2-4-12(28)5-3-11)20(33)26-15(10-18(30)31)21(34)27-16(22(35)36)9-17(24)29/h2-5,13-16,28H,6-10,23H2,1H3,(H2,24,29)(H,25,32)(H,26,33)(H,27,34)(H,30,31)(H,35,36). The van der Waals surface area contributed by atoms with E-state index in [1.165, 1.54) is 23.9 Å². The Hall–Kier alpha value is -3.85. The second-order valence-electron chi connectivity index (χ2n) is 8.05. The molecule has 1 aromatic rings. The number of hydrogen-bond donors (Lipinski definition) is 8. The van der Waals surface area contributed by atoms with Gasteiger partial charge in [0.15, 0.2) is 0 Å². The lowest BCUT2D eigenvalue weighted by molar-refractivity contribution is -0.144. The molecule has 4 unspecified atom stereocenters. The van der Waals surface area contributed by atoms with Gasteiger partial charge in [0.2, 0.25) is 23.6 Å². The van der Waals surface area contributed by atoms with Crippen LogP contribution in [0.3, 0.4) is 0 Å². The Morgan fingerprint density at radius 1 is 0.865 bits per heavy atom. The highest BCUT2D eigenvalue weighted by Crippen LogP contribution is 2.11. The lowest BCUT2D eigenvalue weighted by Crippen LogP contribution is -2.58. The molecule has 0 aliphatic rings.